The standard InChI is InChI=1S/C37H35ClN6S2/c1-5-19-40-36-42-22-32(45-36)28-14-11-21-39-34(28)26-13-10-16-31(25(26)7-3)44-23-33(46-37(44)41-20-6-2)29-18-17-24(4)43-35(29)27-12-8-9-15-30(27)38/h7-18,21-23H,3,5-6,19-20H2,1-2,4H3,(H,40,42)/p+1. The first-order valence-corrected chi connectivity index (χ1v) is 17.5. The molecule has 0 radical (unpaired) electrons. The van der Waals surface area contributed by atoms with Crippen LogP contribution in [0.15, 0.2) is 91.9 Å². The van der Waals surface area contributed by atoms with E-state index in [9.17, 15) is 0 Å². The maximum atomic E-state index is 6.69. The van der Waals surface area contributed by atoms with Crippen LogP contribution in [0.2, 0.25) is 5.02 Å². The molecular weight excluding hydrogens is 628 g/mol. The van der Waals surface area contributed by atoms with Crippen molar-refractivity contribution in [3.05, 3.63) is 108 Å². The van der Waals surface area contributed by atoms with E-state index in [0.717, 1.165) is 96.5 Å². The summed E-state index contributed by atoms with van der Waals surface area (Å²) >= 11 is 10.0. The first kappa shape index (κ1) is 31.6. The number of anilines is 2. The molecule has 0 aliphatic rings. The molecule has 2 N–H and O–H groups in total. The molecule has 0 saturated carbocycles. The number of thiazole rings is 2. The van der Waals surface area contributed by atoms with Crippen LogP contribution in [0, 0.1) is 6.92 Å². The normalized spacial score (nSPS) is 11.0. The van der Waals surface area contributed by atoms with Crippen molar-refractivity contribution >= 4 is 50.6 Å². The lowest BCUT2D eigenvalue weighted by atomic mass is 9.98. The summed E-state index contributed by atoms with van der Waals surface area (Å²) in [7, 11) is 0. The van der Waals surface area contributed by atoms with Gasteiger partial charge in [-0.2, -0.15) is 4.57 Å². The predicted molar refractivity (Wildman–Crippen MR) is 196 cm³/mol. The van der Waals surface area contributed by atoms with Crippen LogP contribution < -0.4 is 15.2 Å². The summed E-state index contributed by atoms with van der Waals surface area (Å²) in [5, 5.41) is 9.70. The van der Waals surface area contributed by atoms with E-state index in [-0.39, 0.29) is 0 Å². The molecule has 2 aromatic carbocycles. The zero-order chi connectivity index (χ0) is 32.0. The summed E-state index contributed by atoms with van der Waals surface area (Å²) in [6, 6.07) is 22.5. The SMILES string of the molecule is C=Cc1c(-c2ncccc2-c2cnc(NCCC)s2)cccc1-[n+]1cc(-c2ccc(C)nc2-c2ccccc2Cl)sc1NCCC. The van der Waals surface area contributed by atoms with Gasteiger partial charge in [0.1, 0.15) is 11.9 Å². The lowest BCUT2D eigenvalue weighted by molar-refractivity contribution is -0.575. The van der Waals surface area contributed by atoms with E-state index in [0.29, 0.717) is 5.02 Å². The van der Waals surface area contributed by atoms with E-state index in [1.807, 2.05) is 55.7 Å². The fraction of sp³-hybridized carbons (Fsp3) is 0.189. The summed E-state index contributed by atoms with van der Waals surface area (Å²) in [5.41, 5.74) is 8.71. The molecule has 9 heteroatoms. The van der Waals surface area contributed by atoms with Crippen LogP contribution >= 0.6 is 34.3 Å². The van der Waals surface area contributed by atoms with Crippen molar-refractivity contribution in [2.75, 3.05) is 23.7 Å². The van der Waals surface area contributed by atoms with Gasteiger partial charge >= 0.3 is 5.13 Å². The molecule has 0 spiro atoms. The van der Waals surface area contributed by atoms with E-state index >= 15 is 0 Å². The van der Waals surface area contributed by atoms with E-state index in [1.54, 1.807) is 22.7 Å². The van der Waals surface area contributed by atoms with Gasteiger partial charge in [-0.25, -0.2) is 4.98 Å². The second kappa shape index (κ2) is 14.4. The molecule has 0 aliphatic carbocycles. The number of pyridine rings is 2. The van der Waals surface area contributed by atoms with Crippen molar-refractivity contribution in [3.8, 4) is 49.1 Å². The summed E-state index contributed by atoms with van der Waals surface area (Å²) < 4.78 is 2.23. The van der Waals surface area contributed by atoms with Crippen LogP contribution in [0.1, 0.15) is 37.9 Å². The number of benzene rings is 2. The molecule has 0 bridgehead atoms. The molecular formula is C37H36ClN6S2+. The van der Waals surface area contributed by atoms with Crippen LogP contribution in [0.25, 0.3) is 55.2 Å². The summed E-state index contributed by atoms with van der Waals surface area (Å²) in [4.78, 5) is 16.6. The number of aryl methyl sites for hydroxylation is 1. The zero-order valence-corrected chi connectivity index (χ0v) is 28.6. The lowest BCUT2D eigenvalue weighted by Crippen LogP contribution is -2.32. The Kier molecular flexibility index (Phi) is 9.88. The molecule has 6 nitrogen and oxygen atoms in total. The molecule has 0 atom stereocenters. The van der Waals surface area contributed by atoms with Crippen molar-refractivity contribution < 1.29 is 4.57 Å². The van der Waals surface area contributed by atoms with Gasteiger partial charge in [0, 0.05) is 57.5 Å². The summed E-state index contributed by atoms with van der Waals surface area (Å²) in [6.07, 6.45) is 9.94. The molecule has 4 heterocycles. The molecule has 46 heavy (non-hydrogen) atoms. The largest absolute Gasteiger partial charge is 0.362 e. The number of nitrogens with one attached hydrogen (secondary N) is 2. The van der Waals surface area contributed by atoms with E-state index in [1.165, 1.54) is 0 Å². The Morgan fingerprint density at radius 3 is 2.37 bits per heavy atom. The number of aromatic nitrogens is 4. The third kappa shape index (κ3) is 6.47. The number of rotatable bonds is 12. The lowest BCUT2D eigenvalue weighted by Gasteiger charge is -2.13. The van der Waals surface area contributed by atoms with E-state index in [4.69, 9.17) is 21.6 Å². The number of hydrogen-bond donors (Lipinski definition) is 2. The first-order valence-electron chi connectivity index (χ1n) is 15.5. The van der Waals surface area contributed by atoms with Gasteiger partial charge in [-0.3, -0.25) is 15.3 Å². The molecule has 0 fully saturated rings. The Balaban J connectivity index is 1.49. The van der Waals surface area contributed by atoms with Gasteiger partial charge in [-0.1, -0.05) is 79.8 Å². The molecule has 0 amide bonds. The van der Waals surface area contributed by atoms with E-state index in [2.05, 4.69) is 83.2 Å². The highest BCUT2D eigenvalue weighted by Crippen LogP contribution is 2.40. The average molecular weight is 664 g/mol. The molecule has 232 valence electrons. The Morgan fingerprint density at radius 1 is 0.804 bits per heavy atom. The zero-order valence-electron chi connectivity index (χ0n) is 26.2. The minimum atomic E-state index is 0.678. The van der Waals surface area contributed by atoms with Crippen molar-refractivity contribution in [1.82, 2.24) is 15.0 Å². The number of hydrogen-bond acceptors (Lipinski definition) is 7. The quantitative estimate of drug-likeness (QED) is 0.128. The van der Waals surface area contributed by atoms with Crippen LogP contribution in [-0.4, -0.2) is 28.0 Å². The molecule has 0 saturated heterocycles. The Bertz CT molecular complexity index is 2000. The third-order valence-electron chi connectivity index (χ3n) is 7.53. The van der Waals surface area contributed by atoms with Crippen molar-refractivity contribution in [1.29, 1.82) is 0 Å². The number of nitrogens with zero attached hydrogens (tertiary/aromatic N) is 4. The van der Waals surface area contributed by atoms with Gasteiger partial charge in [0.2, 0.25) is 0 Å². The van der Waals surface area contributed by atoms with Crippen molar-refractivity contribution in [2.45, 2.75) is 33.6 Å². The summed E-state index contributed by atoms with van der Waals surface area (Å²) in [5.74, 6) is 0. The predicted octanol–water partition coefficient (Wildman–Crippen LogP) is 10.2. The minimum absolute atomic E-state index is 0.678. The highest BCUT2D eigenvalue weighted by molar-refractivity contribution is 7.19. The Labute approximate surface area is 283 Å². The first-order chi connectivity index (χ1) is 22.5. The fourth-order valence-electron chi connectivity index (χ4n) is 5.34. The van der Waals surface area contributed by atoms with Crippen LogP contribution in [0.5, 0.6) is 0 Å². The van der Waals surface area contributed by atoms with E-state index < -0.39 is 0 Å². The van der Waals surface area contributed by atoms with Crippen LogP contribution in [0.3, 0.4) is 0 Å². The van der Waals surface area contributed by atoms with Crippen LogP contribution in [0.4, 0.5) is 10.3 Å². The summed E-state index contributed by atoms with van der Waals surface area (Å²) in [6.45, 7) is 12.3. The monoisotopic (exact) mass is 663 g/mol. The smallest absolute Gasteiger partial charge is 0.339 e. The maximum Gasteiger partial charge on any atom is 0.339 e. The molecule has 0 aliphatic heterocycles. The second-order valence-electron chi connectivity index (χ2n) is 10.8. The Morgan fingerprint density at radius 2 is 1.57 bits per heavy atom. The molecule has 0 unspecified atom stereocenters. The van der Waals surface area contributed by atoms with Gasteiger partial charge in [-0.15, -0.1) is 0 Å². The van der Waals surface area contributed by atoms with Gasteiger partial charge < -0.3 is 5.32 Å². The highest BCUT2D eigenvalue weighted by Gasteiger charge is 2.25. The fourth-order valence-corrected chi connectivity index (χ4v) is 7.50. The van der Waals surface area contributed by atoms with Crippen molar-refractivity contribution in [3.63, 3.8) is 0 Å². The topological polar surface area (TPSA) is 66.6 Å². The number of halogens is 1. The van der Waals surface area contributed by atoms with Gasteiger partial charge in [0.05, 0.1) is 27.7 Å². The van der Waals surface area contributed by atoms with Crippen LogP contribution in [-0.2, 0) is 0 Å². The second-order valence-corrected chi connectivity index (χ2v) is 13.3. The minimum Gasteiger partial charge on any atom is -0.362 e. The maximum absolute atomic E-state index is 6.69. The molecule has 4 aromatic heterocycles. The van der Waals surface area contributed by atoms with Gasteiger partial charge in [0.25, 0.3) is 0 Å². The highest BCUT2D eigenvalue weighted by atomic mass is 35.5. The van der Waals surface area contributed by atoms with Crippen molar-refractivity contribution in [2.24, 2.45) is 0 Å². The Hall–Kier alpha value is -4.37. The third-order valence-corrected chi connectivity index (χ3v) is 9.93. The average Bonchev–Trinajstić information content (AvgIpc) is 3.74. The van der Waals surface area contributed by atoms with Gasteiger partial charge in [0.15, 0.2) is 5.13 Å². The van der Waals surface area contributed by atoms with Gasteiger partial charge in [-0.05, 0) is 67.5 Å². The molecule has 6 rings (SSSR count). The molecule has 6 aromatic rings.